The number of hydrogen-bond acceptors (Lipinski definition) is 3. The first-order valence-corrected chi connectivity index (χ1v) is 7.72. The molecule has 1 aliphatic heterocycles. The van der Waals surface area contributed by atoms with E-state index in [2.05, 4.69) is 25.8 Å². The van der Waals surface area contributed by atoms with Crippen molar-refractivity contribution in [3.63, 3.8) is 0 Å². The van der Waals surface area contributed by atoms with Crippen LogP contribution in [0, 0.1) is 5.82 Å². The molecule has 0 aliphatic carbocycles. The van der Waals surface area contributed by atoms with Gasteiger partial charge in [0.2, 0.25) is 5.90 Å². The summed E-state index contributed by atoms with van der Waals surface area (Å²) in [5, 5.41) is 0. The number of nitrogens with zero attached hydrogens (tertiary/aromatic N) is 1. The first kappa shape index (κ1) is 16.1. The van der Waals surface area contributed by atoms with Gasteiger partial charge in [-0.05, 0) is 46.9 Å². The largest absolute Gasteiger partial charge is 0.402 e. The van der Waals surface area contributed by atoms with Gasteiger partial charge in [0, 0.05) is 5.56 Å². The SMILES string of the molecule is CC(C)(C)c1ccc(/C=C2/N=C(c3ccc(F)cc3)OC2=O)cc1. The fourth-order valence-electron chi connectivity index (χ4n) is 2.36. The van der Waals surface area contributed by atoms with E-state index >= 15 is 0 Å². The van der Waals surface area contributed by atoms with Crippen molar-refractivity contribution < 1.29 is 13.9 Å². The van der Waals surface area contributed by atoms with E-state index in [9.17, 15) is 9.18 Å². The predicted octanol–water partition coefficient (Wildman–Crippen LogP) is 4.47. The molecule has 0 saturated carbocycles. The first-order chi connectivity index (χ1) is 11.3. The third-order valence-electron chi connectivity index (χ3n) is 3.79. The van der Waals surface area contributed by atoms with Gasteiger partial charge >= 0.3 is 5.97 Å². The molecule has 0 amide bonds. The minimum Gasteiger partial charge on any atom is -0.402 e. The molecular formula is C20H18FNO2. The lowest BCUT2D eigenvalue weighted by atomic mass is 9.87. The molecule has 24 heavy (non-hydrogen) atoms. The predicted molar refractivity (Wildman–Crippen MR) is 92.1 cm³/mol. The first-order valence-electron chi connectivity index (χ1n) is 7.72. The summed E-state index contributed by atoms with van der Waals surface area (Å²) in [7, 11) is 0. The second kappa shape index (κ2) is 6.04. The van der Waals surface area contributed by atoms with Crippen molar-refractivity contribution in [2.24, 2.45) is 4.99 Å². The number of esters is 1. The van der Waals surface area contributed by atoms with Gasteiger partial charge in [0.15, 0.2) is 5.70 Å². The number of cyclic esters (lactones) is 1. The number of benzene rings is 2. The van der Waals surface area contributed by atoms with Crippen molar-refractivity contribution in [1.29, 1.82) is 0 Å². The lowest BCUT2D eigenvalue weighted by molar-refractivity contribution is -0.129. The molecule has 0 atom stereocenters. The van der Waals surface area contributed by atoms with Crippen molar-refractivity contribution in [2.45, 2.75) is 26.2 Å². The van der Waals surface area contributed by atoms with Crippen molar-refractivity contribution in [3.05, 3.63) is 76.7 Å². The van der Waals surface area contributed by atoms with Crippen LogP contribution in [0.5, 0.6) is 0 Å². The molecular weight excluding hydrogens is 305 g/mol. The maximum atomic E-state index is 13.0. The standard InChI is InChI=1S/C20H18FNO2/c1-20(2,3)15-8-4-13(5-9-15)12-17-19(23)24-18(22-17)14-6-10-16(21)11-7-14/h4-12H,1-3H3/b17-12+. The summed E-state index contributed by atoms with van der Waals surface area (Å²) in [4.78, 5) is 16.2. The van der Waals surface area contributed by atoms with Gasteiger partial charge in [-0.2, -0.15) is 0 Å². The van der Waals surface area contributed by atoms with E-state index in [0.717, 1.165) is 5.56 Å². The quantitative estimate of drug-likeness (QED) is 0.604. The van der Waals surface area contributed by atoms with Crippen molar-refractivity contribution >= 4 is 17.9 Å². The second-order valence-electron chi connectivity index (χ2n) is 6.71. The van der Waals surface area contributed by atoms with E-state index in [0.29, 0.717) is 5.56 Å². The molecule has 1 aliphatic rings. The summed E-state index contributed by atoms with van der Waals surface area (Å²) in [6.07, 6.45) is 1.69. The summed E-state index contributed by atoms with van der Waals surface area (Å²) >= 11 is 0. The molecule has 2 aromatic rings. The number of carbonyl (C=O) groups excluding carboxylic acids is 1. The normalized spacial score (nSPS) is 16.2. The smallest absolute Gasteiger partial charge is 0.363 e. The molecule has 122 valence electrons. The van der Waals surface area contributed by atoms with E-state index in [-0.39, 0.29) is 22.8 Å². The molecule has 2 aromatic carbocycles. The number of carbonyl (C=O) groups is 1. The van der Waals surface area contributed by atoms with Gasteiger partial charge in [-0.3, -0.25) is 0 Å². The Bertz CT molecular complexity index is 825. The Hall–Kier alpha value is -2.75. The third-order valence-corrected chi connectivity index (χ3v) is 3.79. The van der Waals surface area contributed by atoms with Gasteiger partial charge in [-0.1, -0.05) is 45.0 Å². The summed E-state index contributed by atoms with van der Waals surface area (Å²) in [5.74, 6) is -0.662. The van der Waals surface area contributed by atoms with Crippen molar-refractivity contribution in [1.82, 2.24) is 0 Å². The van der Waals surface area contributed by atoms with E-state index in [1.165, 1.54) is 29.8 Å². The number of hydrogen-bond donors (Lipinski definition) is 0. The Labute approximate surface area is 140 Å². The lowest BCUT2D eigenvalue weighted by Crippen LogP contribution is -2.10. The van der Waals surface area contributed by atoms with E-state index < -0.39 is 5.97 Å². The van der Waals surface area contributed by atoms with E-state index in [1.54, 1.807) is 6.08 Å². The molecule has 0 unspecified atom stereocenters. The molecule has 1 heterocycles. The Kier molecular flexibility index (Phi) is 4.06. The molecule has 3 nitrogen and oxygen atoms in total. The highest BCUT2D eigenvalue weighted by molar-refractivity contribution is 6.12. The Morgan fingerprint density at radius 3 is 2.21 bits per heavy atom. The highest BCUT2D eigenvalue weighted by Crippen LogP contribution is 2.24. The van der Waals surface area contributed by atoms with Crippen LogP contribution in [-0.4, -0.2) is 11.9 Å². The Morgan fingerprint density at radius 2 is 1.62 bits per heavy atom. The Balaban J connectivity index is 1.87. The fraction of sp³-hybridized carbons (Fsp3) is 0.200. The van der Waals surface area contributed by atoms with Crippen LogP contribution in [0.4, 0.5) is 4.39 Å². The molecule has 0 aromatic heterocycles. The topological polar surface area (TPSA) is 38.7 Å². The van der Waals surface area contributed by atoms with Crippen LogP contribution in [0.15, 0.2) is 59.2 Å². The van der Waals surface area contributed by atoms with Crippen LogP contribution in [0.1, 0.15) is 37.5 Å². The zero-order valence-corrected chi connectivity index (χ0v) is 13.8. The minimum absolute atomic E-state index is 0.0753. The minimum atomic E-state index is -0.505. The lowest BCUT2D eigenvalue weighted by Gasteiger charge is -2.18. The highest BCUT2D eigenvalue weighted by atomic mass is 19.1. The number of rotatable bonds is 2. The van der Waals surface area contributed by atoms with Crippen LogP contribution >= 0.6 is 0 Å². The maximum absolute atomic E-state index is 13.0. The van der Waals surface area contributed by atoms with Crippen LogP contribution < -0.4 is 0 Å². The molecule has 4 heteroatoms. The Morgan fingerprint density at radius 1 is 1.00 bits per heavy atom. The number of halogens is 1. The van der Waals surface area contributed by atoms with E-state index in [4.69, 9.17) is 4.74 Å². The highest BCUT2D eigenvalue weighted by Gasteiger charge is 2.24. The summed E-state index contributed by atoms with van der Waals surface area (Å²) in [6.45, 7) is 6.44. The van der Waals surface area contributed by atoms with Gasteiger partial charge in [-0.15, -0.1) is 0 Å². The monoisotopic (exact) mass is 323 g/mol. The zero-order chi connectivity index (χ0) is 17.3. The molecule has 3 rings (SSSR count). The third kappa shape index (κ3) is 3.43. The zero-order valence-electron chi connectivity index (χ0n) is 13.8. The van der Waals surface area contributed by atoms with E-state index in [1.807, 2.05) is 24.3 Å². The van der Waals surface area contributed by atoms with Crippen LogP contribution in [-0.2, 0) is 14.9 Å². The van der Waals surface area contributed by atoms with Gasteiger partial charge < -0.3 is 4.74 Å². The van der Waals surface area contributed by atoms with Gasteiger partial charge in [0.25, 0.3) is 0 Å². The van der Waals surface area contributed by atoms with Gasteiger partial charge in [-0.25, -0.2) is 14.2 Å². The molecule has 0 saturated heterocycles. The molecule has 0 bridgehead atoms. The molecule has 0 N–H and O–H groups in total. The van der Waals surface area contributed by atoms with Crippen molar-refractivity contribution in [2.75, 3.05) is 0 Å². The van der Waals surface area contributed by atoms with Crippen LogP contribution in [0.3, 0.4) is 0 Å². The summed E-state index contributed by atoms with van der Waals surface area (Å²) in [5.41, 5.74) is 2.97. The van der Waals surface area contributed by atoms with Gasteiger partial charge in [0.1, 0.15) is 5.82 Å². The summed E-state index contributed by atoms with van der Waals surface area (Å²) < 4.78 is 18.1. The van der Waals surface area contributed by atoms with Crippen LogP contribution in [0.2, 0.25) is 0 Å². The van der Waals surface area contributed by atoms with Gasteiger partial charge in [0.05, 0.1) is 0 Å². The second-order valence-corrected chi connectivity index (χ2v) is 6.71. The number of ether oxygens (including phenoxy) is 1. The number of aliphatic imine (C=N–C) groups is 1. The maximum Gasteiger partial charge on any atom is 0.363 e. The average molecular weight is 323 g/mol. The molecule has 0 fully saturated rings. The average Bonchev–Trinajstić information content (AvgIpc) is 2.89. The summed E-state index contributed by atoms with van der Waals surface area (Å²) in [6, 6.07) is 13.6. The van der Waals surface area contributed by atoms with Crippen LogP contribution in [0.25, 0.3) is 6.08 Å². The molecule has 0 spiro atoms. The van der Waals surface area contributed by atoms with Crippen molar-refractivity contribution in [3.8, 4) is 0 Å². The molecule has 0 radical (unpaired) electrons. The fourth-order valence-corrected chi connectivity index (χ4v) is 2.36.